The number of amides is 2. The van der Waals surface area contributed by atoms with Crippen molar-refractivity contribution in [3.8, 4) is 0 Å². The van der Waals surface area contributed by atoms with Crippen molar-refractivity contribution in [2.75, 3.05) is 10.6 Å². The van der Waals surface area contributed by atoms with Crippen molar-refractivity contribution >= 4 is 46.4 Å². The average molecular weight is 321 g/mol. The van der Waals surface area contributed by atoms with Gasteiger partial charge in [0.25, 0.3) is 0 Å². The van der Waals surface area contributed by atoms with Crippen LogP contribution in [0.3, 0.4) is 0 Å². The quantitative estimate of drug-likeness (QED) is 0.750. The van der Waals surface area contributed by atoms with Gasteiger partial charge in [-0.2, -0.15) is 10.2 Å². The second-order valence-corrected chi connectivity index (χ2v) is 4.77. The molecule has 0 fully saturated rings. The molecule has 0 atom stereocenters. The highest BCUT2D eigenvalue weighted by Gasteiger charge is 2.15. The Hall–Kier alpha value is -2.74. The third-order valence-corrected chi connectivity index (χ3v) is 2.68. The number of hydrogen-bond acceptors (Lipinski definition) is 5. The zero-order valence-electron chi connectivity index (χ0n) is 11.8. The van der Waals surface area contributed by atoms with Crippen LogP contribution in [0.2, 0.25) is 5.02 Å². The summed E-state index contributed by atoms with van der Waals surface area (Å²) in [7, 11) is 0. The van der Waals surface area contributed by atoms with Crippen LogP contribution in [0.4, 0.5) is 23.0 Å². The first-order valence-corrected chi connectivity index (χ1v) is 6.64. The fraction of sp³-hybridized carbons (Fsp3) is 0.154. The molecule has 2 aromatic rings. The highest BCUT2D eigenvalue weighted by Crippen LogP contribution is 2.32. The highest BCUT2D eigenvalue weighted by atomic mass is 35.5. The van der Waals surface area contributed by atoms with E-state index >= 15 is 0 Å². The minimum absolute atomic E-state index is 0.175. The van der Waals surface area contributed by atoms with Crippen LogP contribution in [0.15, 0.2) is 34.5 Å². The normalized spacial score (nSPS) is 10.7. The van der Waals surface area contributed by atoms with E-state index in [-0.39, 0.29) is 29.1 Å². The lowest BCUT2D eigenvalue weighted by atomic mass is 10.3. The van der Waals surface area contributed by atoms with Gasteiger partial charge < -0.3 is 10.6 Å². The molecular weight excluding hydrogens is 308 g/mol. The minimum atomic E-state index is -0.316. The van der Waals surface area contributed by atoms with E-state index in [4.69, 9.17) is 11.6 Å². The lowest BCUT2D eigenvalue weighted by Gasteiger charge is -2.01. The number of halogens is 1. The van der Waals surface area contributed by atoms with E-state index in [0.717, 1.165) is 0 Å². The van der Waals surface area contributed by atoms with E-state index in [0.29, 0.717) is 10.7 Å². The van der Waals surface area contributed by atoms with E-state index in [1.165, 1.54) is 13.8 Å². The monoisotopic (exact) mass is 320 g/mol. The molecule has 0 aliphatic heterocycles. The summed E-state index contributed by atoms with van der Waals surface area (Å²) < 4.78 is 0. The molecule has 2 amide bonds. The first-order chi connectivity index (χ1) is 10.5. The van der Waals surface area contributed by atoms with Crippen LogP contribution in [0.25, 0.3) is 0 Å². The number of hydrogen-bond donors (Lipinski definition) is 3. The number of carbonyl (C=O) groups is 2. The van der Waals surface area contributed by atoms with Crippen molar-refractivity contribution in [3.05, 3.63) is 29.3 Å². The lowest BCUT2D eigenvalue weighted by molar-refractivity contribution is -0.115. The van der Waals surface area contributed by atoms with Crippen molar-refractivity contribution in [3.63, 3.8) is 0 Å². The van der Waals surface area contributed by atoms with E-state index in [1.54, 1.807) is 24.3 Å². The van der Waals surface area contributed by atoms with Crippen LogP contribution >= 0.6 is 11.6 Å². The Bertz CT molecular complexity index is 689. The van der Waals surface area contributed by atoms with Gasteiger partial charge in [-0.1, -0.05) is 11.6 Å². The van der Waals surface area contributed by atoms with Crippen molar-refractivity contribution in [2.24, 2.45) is 10.2 Å². The second kappa shape index (κ2) is 6.81. The van der Waals surface area contributed by atoms with Gasteiger partial charge in [-0.25, -0.2) is 0 Å². The predicted octanol–water partition coefficient (Wildman–Crippen LogP) is 3.40. The molecule has 1 aromatic carbocycles. The van der Waals surface area contributed by atoms with Gasteiger partial charge in [0.15, 0.2) is 17.3 Å². The topological polar surface area (TPSA) is 112 Å². The molecule has 0 radical (unpaired) electrons. The molecule has 2 rings (SSSR count). The molecule has 1 heterocycles. The fourth-order valence-electron chi connectivity index (χ4n) is 1.57. The Balaban J connectivity index is 2.33. The maximum atomic E-state index is 11.2. The smallest absolute Gasteiger partial charge is 0.222 e. The Morgan fingerprint density at radius 2 is 1.73 bits per heavy atom. The molecule has 0 bridgehead atoms. The molecule has 9 heteroatoms. The minimum Gasteiger partial charge on any atom is -0.309 e. The van der Waals surface area contributed by atoms with Crippen molar-refractivity contribution in [1.82, 2.24) is 10.2 Å². The third kappa shape index (κ3) is 4.13. The van der Waals surface area contributed by atoms with Gasteiger partial charge in [0, 0.05) is 18.9 Å². The van der Waals surface area contributed by atoms with Crippen LogP contribution in [-0.2, 0) is 9.59 Å². The molecule has 3 N–H and O–H groups in total. The molecule has 0 aliphatic rings. The number of nitrogens with zero attached hydrogens (tertiary/aromatic N) is 3. The van der Waals surface area contributed by atoms with Gasteiger partial charge in [-0.15, -0.1) is 5.11 Å². The maximum absolute atomic E-state index is 11.2. The molecule has 22 heavy (non-hydrogen) atoms. The standard InChI is InChI=1S/C13H13ClN6O2/c1-7(21)15-12-11(13(20-19-12)16-8(2)22)18-17-10-5-3-9(14)4-6-10/h3-6H,1-2H3,(H3,15,16,19,20,21,22). The number of aromatic nitrogens is 2. The molecular formula is C13H13ClN6O2. The molecule has 0 aliphatic carbocycles. The van der Waals surface area contributed by atoms with Gasteiger partial charge in [-0.05, 0) is 24.3 Å². The summed E-state index contributed by atoms with van der Waals surface area (Å²) in [6.45, 7) is 2.69. The molecule has 0 spiro atoms. The molecule has 0 unspecified atom stereocenters. The van der Waals surface area contributed by atoms with Crippen LogP contribution in [-0.4, -0.2) is 22.0 Å². The summed E-state index contributed by atoms with van der Waals surface area (Å²) in [5.74, 6) is -0.201. The summed E-state index contributed by atoms with van der Waals surface area (Å²) in [6.07, 6.45) is 0. The maximum Gasteiger partial charge on any atom is 0.222 e. The Labute approximate surface area is 131 Å². The Morgan fingerprint density at radius 1 is 1.09 bits per heavy atom. The van der Waals surface area contributed by atoms with E-state index < -0.39 is 0 Å². The summed E-state index contributed by atoms with van der Waals surface area (Å²) in [5, 5.41) is 20.2. The Morgan fingerprint density at radius 3 is 2.32 bits per heavy atom. The molecule has 0 saturated carbocycles. The van der Waals surface area contributed by atoms with Gasteiger partial charge in [0.05, 0.1) is 5.69 Å². The van der Waals surface area contributed by atoms with Crippen molar-refractivity contribution in [2.45, 2.75) is 13.8 Å². The average Bonchev–Trinajstić information content (AvgIpc) is 2.79. The van der Waals surface area contributed by atoms with Crippen LogP contribution in [0.5, 0.6) is 0 Å². The number of anilines is 2. The number of nitrogens with one attached hydrogen (secondary N) is 3. The fourth-order valence-corrected chi connectivity index (χ4v) is 1.69. The lowest BCUT2D eigenvalue weighted by Crippen LogP contribution is -2.07. The largest absolute Gasteiger partial charge is 0.309 e. The highest BCUT2D eigenvalue weighted by molar-refractivity contribution is 6.30. The summed E-state index contributed by atoms with van der Waals surface area (Å²) in [4.78, 5) is 22.3. The van der Waals surface area contributed by atoms with E-state index in [1.807, 2.05) is 0 Å². The van der Waals surface area contributed by atoms with Crippen molar-refractivity contribution in [1.29, 1.82) is 0 Å². The van der Waals surface area contributed by atoms with Crippen LogP contribution < -0.4 is 10.6 Å². The summed E-state index contributed by atoms with van der Waals surface area (Å²) in [5.41, 5.74) is 0.786. The number of H-pyrrole nitrogens is 1. The number of benzene rings is 1. The van der Waals surface area contributed by atoms with Gasteiger partial charge in [-0.3, -0.25) is 14.7 Å². The summed E-state index contributed by atoms with van der Waals surface area (Å²) in [6, 6.07) is 6.72. The van der Waals surface area contributed by atoms with Crippen LogP contribution in [0.1, 0.15) is 13.8 Å². The summed E-state index contributed by atoms with van der Waals surface area (Å²) >= 11 is 5.79. The third-order valence-electron chi connectivity index (χ3n) is 2.43. The number of aromatic amines is 1. The van der Waals surface area contributed by atoms with Crippen LogP contribution in [0, 0.1) is 0 Å². The Kier molecular flexibility index (Phi) is 4.84. The number of rotatable bonds is 4. The number of azo groups is 1. The molecule has 114 valence electrons. The SMILES string of the molecule is CC(=O)Nc1n[nH]c(NC(C)=O)c1N=Nc1ccc(Cl)cc1. The number of carbonyl (C=O) groups excluding carboxylic acids is 2. The molecule has 8 nitrogen and oxygen atoms in total. The van der Waals surface area contributed by atoms with Crippen molar-refractivity contribution < 1.29 is 9.59 Å². The predicted molar refractivity (Wildman–Crippen MR) is 82.8 cm³/mol. The van der Waals surface area contributed by atoms with Gasteiger partial charge in [0.2, 0.25) is 11.8 Å². The second-order valence-electron chi connectivity index (χ2n) is 4.33. The van der Waals surface area contributed by atoms with Gasteiger partial charge in [0.1, 0.15) is 0 Å². The zero-order valence-corrected chi connectivity index (χ0v) is 12.6. The zero-order chi connectivity index (χ0) is 16.1. The molecule has 1 aromatic heterocycles. The first-order valence-electron chi connectivity index (χ1n) is 6.26. The van der Waals surface area contributed by atoms with Gasteiger partial charge >= 0.3 is 0 Å². The first kappa shape index (κ1) is 15.6. The van der Waals surface area contributed by atoms with E-state index in [9.17, 15) is 9.59 Å². The van der Waals surface area contributed by atoms with E-state index in [2.05, 4.69) is 31.1 Å². The molecule has 0 saturated heterocycles.